The second-order valence-electron chi connectivity index (χ2n) is 8.39. The topological polar surface area (TPSA) is 120 Å². The van der Waals surface area contributed by atoms with E-state index in [1.54, 1.807) is 12.3 Å². The minimum Gasteiger partial charge on any atom is -0.480 e. The van der Waals surface area contributed by atoms with Crippen LogP contribution in [-0.4, -0.2) is 44.8 Å². The van der Waals surface area contributed by atoms with Crippen LogP contribution in [0.15, 0.2) is 72.9 Å². The van der Waals surface area contributed by atoms with E-state index in [9.17, 15) is 14.7 Å². The zero-order chi connectivity index (χ0) is 26.2. The predicted octanol–water partition coefficient (Wildman–Crippen LogP) is 5.25. The highest BCUT2D eigenvalue weighted by Gasteiger charge is 2.23. The van der Waals surface area contributed by atoms with Crippen molar-refractivity contribution in [2.45, 2.75) is 25.3 Å². The first kappa shape index (κ1) is 26.2. The van der Waals surface area contributed by atoms with Crippen molar-refractivity contribution < 1.29 is 14.7 Å². The molecule has 1 atom stereocenters. The maximum Gasteiger partial charge on any atom is 0.326 e. The summed E-state index contributed by atoms with van der Waals surface area (Å²) in [6.07, 6.45) is 3.60. The van der Waals surface area contributed by atoms with Gasteiger partial charge in [-0.1, -0.05) is 59.6 Å². The predicted molar refractivity (Wildman–Crippen MR) is 144 cm³/mol. The van der Waals surface area contributed by atoms with E-state index >= 15 is 0 Å². The Hall–Kier alpha value is -3.88. The number of rotatable bonds is 11. The molecule has 2 heterocycles. The summed E-state index contributed by atoms with van der Waals surface area (Å²) in [5.74, 6) is -0.945. The van der Waals surface area contributed by atoms with Crippen molar-refractivity contribution in [3.05, 3.63) is 99.8 Å². The van der Waals surface area contributed by atoms with Crippen molar-refractivity contribution in [2.75, 3.05) is 11.9 Å². The van der Waals surface area contributed by atoms with E-state index in [4.69, 9.17) is 23.2 Å². The van der Waals surface area contributed by atoms with Gasteiger partial charge in [-0.15, -0.1) is 0 Å². The van der Waals surface area contributed by atoms with Crippen molar-refractivity contribution >= 4 is 40.9 Å². The molecule has 0 saturated carbocycles. The summed E-state index contributed by atoms with van der Waals surface area (Å²) >= 11 is 12.2. The molecule has 1 amide bonds. The van der Waals surface area contributed by atoms with E-state index in [1.165, 1.54) is 12.1 Å². The zero-order valence-electron chi connectivity index (χ0n) is 19.7. The molecule has 2 aromatic heterocycles. The molecule has 4 N–H and O–H groups in total. The van der Waals surface area contributed by atoms with Gasteiger partial charge in [-0.25, -0.2) is 9.78 Å². The number of H-pyrrole nitrogens is 1. The summed E-state index contributed by atoms with van der Waals surface area (Å²) in [6, 6.07) is 18.7. The Kier molecular flexibility index (Phi) is 8.77. The van der Waals surface area contributed by atoms with Gasteiger partial charge in [-0.2, -0.15) is 5.10 Å². The standard InChI is InChI=1S/C27H25Cl2N5O3/c28-20-6-3-7-21(29)25(20)26(35)32-23(27(36)37)15-17-9-11-18(12-10-17)22-16-19(33-34-22)5-4-14-31-24-8-1-2-13-30-24/h1-3,6-13,16,23H,4-5,14-15H2,(H,30,31)(H,32,35)(H,33,34)(H,36,37)/t23-/m0/s1. The number of amides is 1. The monoisotopic (exact) mass is 537 g/mol. The number of carboxylic acids is 1. The smallest absolute Gasteiger partial charge is 0.326 e. The van der Waals surface area contributed by atoms with Crippen LogP contribution in [0, 0.1) is 0 Å². The van der Waals surface area contributed by atoms with Crippen LogP contribution in [-0.2, 0) is 17.6 Å². The van der Waals surface area contributed by atoms with Gasteiger partial charge in [0.15, 0.2) is 0 Å². The fraction of sp³-hybridized carbons (Fsp3) is 0.185. The van der Waals surface area contributed by atoms with E-state index in [1.807, 2.05) is 48.5 Å². The molecule has 0 aliphatic heterocycles. The van der Waals surface area contributed by atoms with Gasteiger partial charge >= 0.3 is 5.97 Å². The first-order valence-electron chi connectivity index (χ1n) is 11.7. The number of benzene rings is 2. The number of nitrogens with zero attached hydrogens (tertiary/aromatic N) is 2. The molecule has 4 aromatic rings. The summed E-state index contributed by atoms with van der Waals surface area (Å²) in [6.45, 7) is 0.796. The lowest BCUT2D eigenvalue weighted by Gasteiger charge is -2.16. The van der Waals surface area contributed by atoms with Crippen LogP contribution in [0.1, 0.15) is 28.0 Å². The molecule has 2 aromatic carbocycles. The molecule has 0 fully saturated rings. The minimum atomic E-state index is -1.16. The lowest BCUT2D eigenvalue weighted by atomic mass is 10.0. The largest absolute Gasteiger partial charge is 0.480 e. The van der Waals surface area contributed by atoms with Gasteiger partial charge in [-0.05, 0) is 48.7 Å². The number of aromatic nitrogens is 3. The van der Waals surface area contributed by atoms with Crippen molar-refractivity contribution in [3.8, 4) is 11.3 Å². The Balaban J connectivity index is 1.33. The lowest BCUT2D eigenvalue weighted by molar-refractivity contribution is -0.139. The number of pyridine rings is 1. The third kappa shape index (κ3) is 7.09. The third-order valence-electron chi connectivity index (χ3n) is 5.71. The highest BCUT2D eigenvalue weighted by Crippen LogP contribution is 2.24. The van der Waals surface area contributed by atoms with Gasteiger partial charge in [0.2, 0.25) is 0 Å². The van der Waals surface area contributed by atoms with Gasteiger partial charge in [0.05, 0.1) is 21.3 Å². The Morgan fingerprint density at radius 2 is 1.76 bits per heavy atom. The van der Waals surface area contributed by atoms with Gasteiger partial charge in [-0.3, -0.25) is 9.89 Å². The van der Waals surface area contributed by atoms with Crippen LogP contribution in [0.25, 0.3) is 11.3 Å². The molecule has 0 bridgehead atoms. The molecule has 0 unspecified atom stereocenters. The number of nitrogens with one attached hydrogen (secondary N) is 3. The number of hydrogen-bond acceptors (Lipinski definition) is 5. The van der Waals surface area contributed by atoms with Crippen molar-refractivity contribution in [1.82, 2.24) is 20.5 Å². The van der Waals surface area contributed by atoms with Gasteiger partial charge in [0.25, 0.3) is 5.91 Å². The lowest BCUT2D eigenvalue weighted by Crippen LogP contribution is -2.42. The molecule has 0 aliphatic carbocycles. The Bertz CT molecular complexity index is 1340. The van der Waals surface area contributed by atoms with Crippen LogP contribution >= 0.6 is 23.2 Å². The fourth-order valence-electron chi connectivity index (χ4n) is 3.79. The van der Waals surface area contributed by atoms with Gasteiger partial charge in [0.1, 0.15) is 11.9 Å². The Morgan fingerprint density at radius 1 is 1.00 bits per heavy atom. The molecule has 0 spiro atoms. The van der Waals surface area contributed by atoms with E-state index in [0.29, 0.717) is 0 Å². The van der Waals surface area contributed by atoms with E-state index in [-0.39, 0.29) is 22.0 Å². The van der Waals surface area contributed by atoms with Gasteiger partial charge < -0.3 is 15.7 Å². The van der Waals surface area contributed by atoms with Crippen molar-refractivity contribution in [2.24, 2.45) is 0 Å². The number of aromatic amines is 1. The Labute approximate surface area is 224 Å². The molecule has 190 valence electrons. The fourth-order valence-corrected chi connectivity index (χ4v) is 4.36. The number of hydrogen-bond donors (Lipinski definition) is 4. The van der Waals surface area contributed by atoms with Crippen molar-refractivity contribution in [3.63, 3.8) is 0 Å². The molecule has 0 aliphatic rings. The van der Waals surface area contributed by atoms with Crippen molar-refractivity contribution in [1.29, 1.82) is 0 Å². The second kappa shape index (κ2) is 12.4. The normalized spacial score (nSPS) is 11.6. The summed E-state index contributed by atoms with van der Waals surface area (Å²) in [5, 5.41) is 23.2. The minimum absolute atomic E-state index is 0.0503. The average molecular weight is 538 g/mol. The number of carbonyl (C=O) groups is 2. The summed E-state index contributed by atoms with van der Waals surface area (Å²) < 4.78 is 0. The van der Waals surface area contributed by atoms with E-state index in [0.717, 1.165) is 47.7 Å². The molecule has 0 radical (unpaired) electrons. The molecule has 0 saturated heterocycles. The third-order valence-corrected chi connectivity index (χ3v) is 6.34. The molecular formula is C27H25Cl2N5O3. The number of anilines is 1. The number of aliphatic carboxylic acids is 1. The molecule has 4 rings (SSSR count). The second-order valence-corrected chi connectivity index (χ2v) is 9.20. The van der Waals surface area contributed by atoms with Crippen LogP contribution in [0.5, 0.6) is 0 Å². The first-order chi connectivity index (χ1) is 17.9. The highest BCUT2D eigenvalue weighted by molar-refractivity contribution is 6.39. The SMILES string of the molecule is O=C(N[C@@H](Cc1ccc(-c2cc(CCCNc3ccccn3)[nH]n2)cc1)C(=O)O)c1c(Cl)cccc1Cl. The summed E-state index contributed by atoms with van der Waals surface area (Å²) in [5.41, 5.74) is 3.52. The van der Waals surface area contributed by atoms with Crippen LogP contribution in [0.3, 0.4) is 0 Å². The maximum absolute atomic E-state index is 12.6. The number of aryl methyl sites for hydroxylation is 1. The average Bonchev–Trinajstić information content (AvgIpc) is 3.36. The maximum atomic E-state index is 12.6. The first-order valence-corrected chi connectivity index (χ1v) is 12.4. The van der Waals surface area contributed by atoms with Crippen LogP contribution < -0.4 is 10.6 Å². The van der Waals surface area contributed by atoms with Crippen LogP contribution in [0.4, 0.5) is 5.82 Å². The summed E-state index contributed by atoms with van der Waals surface area (Å²) in [4.78, 5) is 28.7. The Morgan fingerprint density at radius 3 is 2.43 bits per heavy atom. The molecule has 37 heavy (non-hydrogen) atoms. The quantitative estimate of drug-likeness (QED) is 0.194. The van der Waals surface area contributed by atoms with Gasteiger partial charge in [0, 0.05) is 30.4 Å². The van der Waals surface area contributed by atoms with E-state index in [2.05, 4.69) is 25.8 Å². The summed E-state index contributed by atoms with van der Waals surface area (Å²) in [7, 11) is 0. The highest BCUT2D eigenvalue weighted by atomic mass is 35.5. The molecular weight excluding hydrogens is 513 g/mol. The number of halogens is 2. The molecule has 10 heteroatoms. The number of carboxylic acid groups (broad SMARTS) is 1. The zero-order valence-corrected chi connectivity index (χ0v) is 21.3. The number of carbonyl (C=O) groups excluding carboxylic acids is 1. The molecule has 8 nitrogen and oxygen atoms in total. The van der Waals surface area contributed by atoms with E-state index < -0.39 is 17.9 Å². The van der Waals surface area contributed by atoms with Crippen LogP contribution in [0.2, 0.25) is 10.0 Å².